The molecule has 0 saturated heterocycles. The molecule has 0 aliphatic heterocycles. The molecule has 3 aliphatic rings. The van der Waals surface area contributed by atoms with Crippen molar-refractivity contribution in [1.29, 1.82) is 0 Å². The van der Waals surface area contributed by atoms with Gasteiger partial charge in [-0.2, -0.15) is 0 Å². The zero-order chi connectivity index (χ0) is 9.71. The van der Waals surface area contributed by atoms with E-state index in [0.717, 1.165) is 29.6 Å². The summed E-state index contributed by atoms with van der Waals surface area (Å²) in [6.07, 6.45) is 9.28. The molecule has 3 fully saturated rings. The Labute approximate surface area is 88.5 Å². The molecule has 0 N–H and O–H groups in total. The van der Waals surface area contributed by atoms with Crippen molar-refractivity contribution < 1.29 is 0 Å². The standard InChI is InChI=1S/C14H24/c1-3-4-10-8-13-11-5-6-12(7-11)14(13)9(10)2/h9-14H,3-8H2,1-2H3/t9?,10?,11-,12+,13-,14+/m0/s1. The molecule has 0 aromatic rings. The van der Waals surface area contributed by atoms with Gasteiger partial charge in [-0.15, -0.1) is 0 Å². The van der Waals surface area contributed by atoms with Crippen LogP contribution in [0.5, 0.6) is 0 Å². The average molecular weight is 192 g/mol. The van der Waals surface area contributed by atoms with Gasteiger partial charge in [-0.3, -0.25) is 0 Å². The van der Waals surface area contributed by atoms with Crippen LogP contribution in [0.15, 0.2) is 0 Å². The van der Waals surface area contributed by atoms with Crippen molar-refractivity contribution >= 4 is 0 Å². The Morgan fingerprint density at radius 2 is 1.86 bits per heavy atom. The van der Waals surface area contributed by atoms with Crippen LogP contribution < -0.4 is 0 Å². The monoisotopic (exact) mass is 192 g/mol. The van der Waals surface area contributed by atoms with E-state index in [9.17, 15) is 0 Å². The van der Waals surface area contributed by atoms with Crippen molar-refractivity contribution in [1.82, 2.24) is 0 Å². The van der Waals surface area contributed by atoms with E-state index in [1.54, 1.807) is 25.7 Å². The molecule has 0 heteroatoms. The van der Waals surface area contributed by atoms with Gasteiger partial charge in [0.25, 0.3) is 0 Å². The van der Waals surface area contributed by atoms with Gasteiger partial charge in [0.05, 0.1) is 0 Å². The van der Waals surface area contributed by atoms with Gasteiger partial charge in [0.2, 0.25) is 0 Å². The Kier molecular flexibility index (Phi) is 2.15. The molecule has 14 heavy (non-hydrogen) atoms. The highest BCUT2D eigenvalue weighted by molar-refractivity contribution is 5.03. The van der Waals surface area contributed by atoms with Gasteiger partial charge in [0, 0.05) is 0 Å². The molecule has 0 nitrogen and oxygen atoms in total. The zero-order valence-corrected chi connectivity index (χ0v) is 9.71. The molecule has 0 heterocycles. The van der Waals surface area contributed by atoms with Crippen LogP contribution in [-0.4, -0.2) is 0 Å². The predicted octanol–water partition coefficient (Wildman–Crippen LogP) is 4.10. The second kappa shape index (κ2) is 3.25. The molecule has 2 bridgehead atoms. The summed E-state index contributed by atoms with van der Waals surface area (Å²) >= 11 is 0. The number of rotatable bonds is 2. The minimum Gasteiger partial charge on any atom is -0.0654 e. The lowest BCUT2D eigenvalue weighted by molar-refractivity contribution is 0.211. The molecule has 3 aliphatic carbocycles. The number of hydrogen-bond acceptors (Lipinski definition) is 0. The average Bonchev–Trinajstić information content (AvgIpc) is 2.81. The first-order valence-electron chi connectivity index (χ1n) is 6.81. The lowest BCUT2D eigenvalue weighted by atomic mass is 9.78. The molecule has 3 saturated carbocycles. The van der Waals surface area contributed by atoms with Crippen LogP contribution in [0, 0.1) is 35.5 Å². The Bertz CT molecular complexity index is 220. The summed E-state index contributed by atoms with van der Waals surface area (Å²) in [5.41, 5.74) is 0. The highest BCUT2D eigenvalue weighted by atomic mass is 14.6. The summed E-state index contributed by atoms with van der Waals surface area (Å²) in [4.78, 5) is 0. The van der Waals surface area contributed by atoms with Crippen LogP contribution in [0.1, 0.15) is 52.4 Å². The molecule has 3 rings (SSSR count). The zero-order valence-electron chi connectivity index (χ0n) is 9.71. The van der Waals surface area contributed by atoms with Crippen LogP contribution in [0.2, 0.25) is 0 Å². The highest BCUT2D eigenvalue weighted by Crippen LogP contribution is 2.62. The summed E-state index contributed by atoms with van der Waals surface area (Å²) in [6.45, 7) is 4.92. The molecule has 80 valence electrons. The maximum absolute atomic E-state index is 2.56. The van der Waals surface area contributed by atoms with E-state index in [4.69, 9.17) is 0 Å². The number of hydrogen-bond donors (Lipinski definition) is 0. The molecule has 0 spiro atoms. The number of fused-ring (bicyclic) bond motifs is 5. The van der Waals surface area contributed by atoms with E-state index < -0.39 is 0 Å². The molecular formula is C14H24. The van der Waals surface area contributed by atoms with E-state index in [1.165, 1.54) is 18.8 Å². The normalized spacial score (nSPS) is 55.3. The fourth-order valence-corrected chi connectivity index (χ4v) is 5.25. The summed E-state index contributed by atoms with van der Waals surface area (Å²) in [5.74, 6) is 6.80. The van der Waals surface area contributed by atoms with E-state index in [0.29, 0.717) is 0 Å². The van der Waals surface area contributed by atoms with Gasteiger partial charge in [-0.1, -0.05) is 26.7 Å². The third-order valence-electron chi connectivity index (χ3n) is 5.74. The van der Waals surface area contributed by atoms with Crippen LogP contribution >= 0.6 is 0 Å². The van der Waals surface area contributed by atoms with E-state index in [1.807, 2.05) is 0 Å². The molecular weight excluding hydrogens is 168 g/mol. The third kappa shape index (κ3) is 1.12. The van der Waals surface area contributed by atoms with Gasteiger partial charge >= 0.3 is 0 Å². The van der Waals surface area contributed by atoms with Crippen molar-refractivity contribution in [3.63, 3.8) is 0 Å². The predicted molar refractivity (Wildman–Crippen MR) is 60.0 cm³/mol. The second-order valence-corrected chi connectivity index (χ2v) is 6.22. The molecule has 0 amide bonds. The van der Waals surface area contributed by atoms with Crippen LogP contribution in [0.4, 0.5) is 0 Å². The van der Waals surface area contributed by atoms with Gasteiger partial charge in [-0.25, -0.2) is 0 Å². The van der Waals surface area contributed by atoms with Crippen molar-refractivity contribution in [2.24, 2.45) is 35.5 Å². The summed E-state index contributed by atoms with van der Waals surface area (Å²) in [6, 6.07) is 0. The lowest BCUT2D eigenvalue weighted by Gasteiger charge is -2.27. The largest absolute Gasteiger partial charge is 0.0654 e. The quantitative estimate of drug-likeness (QED) is 0.618. The maximum Gasteiger partial charge on any atom is -0.0326 e. The molecule has 6 atom stereocenters. The van der Waals surface area contributed by atoms with Crippen molar-refractivity contribution in [3.8, 4) is 0 Å². The van der Waals surface area contributed by atoms with Crippen LogP contribution in [-0.2, 0) is 0 Å². The Morgan fingerprint density at radius 1 is 1.07 bits per heavy atom. The minimum atomic E-state index is 1.07. The molecule has 0 radical (unpaired) electrons. The minimum absolute atomic E-state index is 1.07. The summed E-state index contributed by atoms with van der Waals surface area (Å²) in [7, 11) is 0. The van der Waals surface area contributed by atoms with Gasteiger partial charge in [0.1, 0.15) is 0 Å². The van der Waals surface area contributed by atoms with E-state index in [-0.39, 0.29) is 0 Å². The first-order chi connectivity index (χ1) is 6.81. The third-order valence-corrected chi connectivity index (χ3v) is 5.74. The van der Waals surface area contributed by atoms with Gasteiger partial charge in [-0.05, 0) is 61.2 Å². The van der Waals surface area contributed by atoms with Gasteiger partial charge in [0.15, 0.2) is 0 Å². The second-order valence-electron chi connectivity index (χ2n) is 6.22. The summed E-state index contributed by atoms with van der Waals surface area (Å²) in [5, 5.41) is 0. The van der Waals surface area contributed by atoms with Crippen LogP contribution in [0.25, 0.3) is 0 Å². The molecule has 0 aromatic heterocycles. The van der Waals surface area contributed by atoms with Crippen molar-refractivity contribution in [2.45, 2.75) is 52.4 Å². The Morgan fingerprint density at radius 3 is 2.57 bits per heavy atom. The van der Waals surface area contributed by atoms with E-state index in [2.05, 4.69) is 13.8 Å². The fourth-order valence-electron chi connectivity index (χ4n) is 5.25. The SMILES string of the molecule is CCCC1C[C@H]2[C@H]3CC[C@H](C3)[C@H]2C1C. The topological polar surface area (TPSA) is 0 Å². The molecule has 2 unspecified atom stereocenters. The fraction of sp³-hybridized carbons (Fsp3) is 1.00. The Hall–Kier alpha value is 0. The van der Waals surface area contributed by atoms with Crippen LogP contribution in [0.3, 0.4) is 0 Å². The maximum atomic E-state index is 2.56. The van der Waals surface area contributed by atoms with Gasteiger partial charge < -0.3 is 0 Å². The lowest BCUT2D eigenvalue weighted by Crippen LogP contribution is -2.21. The first kappa shape index (κ1) is 9.24. The first-order valence-corrected chi connectivity index (χ1v) is 6.81. The van der Waals surface area contributed by atoms with E-state index >= 15 is 0 Å². The smallest absolute Gasteiger partial charge is 0.0326 e. The van der Waals surface area contributed by atoms with Crippen molar-refractivity contribution in [3.05, 3.63) is 0 Å². The highest BCUT2D eigenvalue weighted by Gasteiger charge is 2.54. The molecule has 0 aromatic carbocycles. The summed E-state index contributed by atoms with van der Waals surface area (Å²) < 4.78 is 0. The Balaban J connectivity index is 1.76. The van der Waals surface area contributed by atoms with Crippen molar-refractivity contribution in [2.75, 3.05) is 0 Å².